The fraction of sp³-hybridized carbons (Fsp3) is 0.138. The summed E-state index contributed by atoms with van der Waals surface area (Å²) in [6, 6.07) is 70.5. The molecule has 16 rings (SSSR count). The minimum Gasteiger partial charge on any atom is -0.468 e. The van der Waals surface area contributed by atoms with Crippen molar-refractivity contribution in [1.82, 2.24) is 0 Å². The first-order chi connectivity index (χ1) is 34.7. The zero-order valence-corrected chi connectivity index (χ0v) is 40.8. The molecule has 5 heterocycles. The van der Waals surface area contributed by atoms with Gasteiger partial charge in [-0.05, 0) is 141 Å². The normalized spacial score (nSPS) is 16.7. The maximum Gasteiger partial charge on any atom is 0.297 e. The smallest absolute Gasteiger partial charge is 0.297 e. The predicted octanol–water partition coefficient (Wildman–Crippen LogP) is 15.7. The van der Waals surface area contributed by atoms with Gasteiger partial charge in [0.05, 0.1) is 16.8 Å². The molecule has 3 aliphatic heterocycles. The summed E-state index contributed by atoms with van der Waals surface area (Å²) >= 11 is 1.87. The quantitative estimate of drug-likeness (QED) is 0.162. The van der Waals surface area contributed by atoms with Gasteiger partial charge >= 0.3 is 0 Å². The van der Waals surface area contributed by atoms with Gasteiger partial charge in [0.15, 0.2) is 0 Å². The summed E-state index contributed by atoms with van der Waals surface area (Å²) < 4.78 is 16.8. The number of hydrogen-bond donors (Lipinski definition) is 0. The lowest BCUT2D eigenvalue weighted by molar-refractivity contribution is 0.332. The SMILES string of the molecule is CC1(C)CCC(C)(C)c2cc(N3c4cccc5c4B(c4cc6c(cc4N5c4ccc5c(c4)sc4ccccc45)-c4ccccc4C64c5ccccc5Oc5ccccc54)c4oc5ccccc5c43)ccc21. The average molecular weight is 931 g/mol. The third-order valence-corrected chi connectivity index (χ3v) is 18.3. The van der Waals surface area contributed by atoms with E-state index < -0.39 is 5.41 Å². The summed E-state index contributed by atoms with van der Waals surface area (Å²) in [7, 11) is 0. The first kappa shape index (κ1) is 40.0. The Bertz CT molecular complexity index is 4110. The molecule has 0 atom stereocenters. The maximum absolute atomic E-state index is 7.42. The van der Waals surface area contributed by atoms with Crippen LogP contribution in [0.2, 0.25) is 0 Å². The van der Waals surface area contributed by atoms with Gasteiger partial charge in [0.1, 0.15) is 17.1 Å². The Labute approximate surface area is 417 Å². The molecule has 0 unspecified atom stereocenters. The molecule has 5 aliphatic rings. The molecule has 0 N–H and O–H groups in total. The summed E-state index contributed by atoms with van der Waals surface area (Å²) in [5.41, 5.74) is 21.0. The summed E-state index contributed by atoms with van der Waals surface area (Å²) in [5, 5.41) is 3.71. The van der Waals surface area contributed by atoms with Crippen LogP contribution in [0.3, 0.4) is 0 Å². The number of rotatable bonds is 2. The number of benzene rings is 9. The lowest BCUT2D eigenvalue weighted by atomic mass is 9.35. The van der Waals surface area contributed by atoms with Gasteiger partial charge < -0.3 is 19.0 Å². The number of anilines is 6. The van der Waals surface area contributed by atoms with Gasteiger partial charge in [0, 0.05) is 65.1 Å². The zero-order valence-electron chi connectivity index (χ0n) is 40.0. The number of furan rings is 1. The van der Waals surface area contributed by atoms with Crippen LogP contribution in [0.4, 0.5) is 34.1 Å². The second-order valence-corrected chi connectivity index (χ2v) is 22.8. The van der Waals surface area contributed by atoms with Crippen molar-refractivity contribution in [3.63, 3.8) is 0 Å². The molecule has 0 radical (unpaired) electrons. The van der Waals surface area contributed by atoms with E-state index in [1.807, 2.05) is 11.3 Å². The van der Waals surface area contributed by atoms with E-state index in [9.17, 15) is 0 Å². The Morgan fingerprint density at radius 3 is 1.90 bits per heavy atom. The Balaban J connectivity index is 1.03. The average Bonchev–Trinajstić information content (AvgIpc) is 4.06. The first-order valence-corrected chi connectivity index (χ1v) is 26.0. The lowest BCUT2D eigenvalue weighted by Crippen LogP contribution is -2.61. The number of fused-ring (bicyclic) bond motifs is 19. The predicted molar refractivity (Wildman–Crippen MR) is 296 cm³/mol. The van der Waals surface area contributed by atoms with Crippen LogP contribution in [0.5, 0.6) is 11.5 Å². The molecule has 2 aliphatic carbocycles. The van der Waals surface area contributed by atoms with Crippen molar-refractivity contribution in [3.05, 3.63) is 221 Å². The maximum atomic E-state index is 7.42. The van der Waals surface area contributed by atoms with Crippen LogP contribution in [0.1, 0.15) is 73.9 Å². The monoisotopic (exact) mass is 930 g/mol. The van der Waals surface area contributed by atoms with Gasteiger partial charge in [0.2, 0.25) is 0 Å². The summed E-state index contributed by atoms with van der Waals surface area (Å²) in [6.07, 6.45) is 2.31. The Hall–Kier alpha value is -7.80. The minimum absolute atomic E-state index is 0.0346. The molecular weight excluding hydrogens is 884 g/mol. The van der Waals surface area contributed by atoms with Gasteiger partial charge in [-0.15, -0.1) is 11.3 Å². The highest BCUT2D eigenvalue weighted by Gasteiger charge is 2.54. The standard InChI is InChI=1S/C65H47BN2O2S/c1-63(2)32-33-64(3,4)50-34-38(29-31-46(50)63)68-53-23-15-22-52-60(53)66(62-61(68)43-18-6-11-24-55(43)70-62)51-37-49-44(36-54(51)67(52)39-28-30-42-41-17-7-14-27-58(41)71-59(42)35-39)40-16-5-8-19-45(40)65(49)47-20-9-12-25-56(47)69-57-26-13-10-21-48(57)65/h5-31,34-37H,32-33H2,1-4H3. The summed E-state index contributed by atoms with van der Waals surface area (Å²) in [5.74, 6) is 1.78. The zero-order chi connectivity index (χ0) is 47.1. The minimum atomic E-state index is -0.631. The van der Waals surface area contributed by atoms with E-state index in [1.165, 1.54) is 82.3 Å². The molecular formula is C65H47BN2O2S. The van der Waals surface area contributed by atoms with Crippen LogP contribution in [0, 0.1) is 0 Å². The second kappa shape index (κ2) is 13.7. The third-order valence-electron chi connectivity index (χ3n) is 17.2. The van der Waals surface area contributed by atoms with Gasteiger partial charge in [-0.3, -0.25) is 0 Å². The third kappa shape index (κ3) is 5.10. The fourth-order valence-corrected chi connectivity index (χ4v) is 15.0. The highest BCUT2D eigenvalue weighted by Crippen LogP contribution is 2.63. The van der Waals surface area contributed by atoms with Gasteiger partial charge in [-0.1, -0.05) is 143 Å². The molecule has 0 amide bonds. The van der Waals surface area contributed by atoms with E-state index in [0.717, 1.165) is 68.4 Å². The van der Waals surface area contributed by atoms with Crippen LogP contribution in [-0.2, 0) is 16.2 Å². The van der Waals surface area contributed by atoms with Crippen molar-refractivity contribution >= 4 is 99.9 Å². The summed E-state index contributed by atoms with van der Waals surface area (Å²) in [6.45, 7) is 9.48. The molecule has 71 heavy (non-hydrogen) atoms. The Morgan fingerprint density at radius 1 is 0.465 bits per heavy atom. The van der Waals surface area contributed by atoms with Crippen LogP contribution in [-0.4, -0.2) is 6.71 Å². The van der Waals surface area contributed by atoms with Crippen molar-refractivity contribution in [3.8, 4) is 22.6 Å². The second-order valence-electron chi connectivity index (χ2n) is 21.7. The highest BCUT2D eigenvalue weighted by molar-refractivity contribution is 7.25. The Morgan fingerprint density at radius 2 is 1.10 bits per heavy atom. The molecule has 6 heteroatoms. The fourth-order valence-electron chi connectivity index (χ4n) is 13.8. The van der Waals surface area contributed by atoms with Crippen LogP contribution < -0.4 is 31.1 Å². The molecule has 2 aromatic heterocycles. The van der Waals surface area contributed by atoms with Crippen molar-refractivity contribution in [2.24, 2.45) is 0 Å². The molecule has 4 nitrogen and oxygen atoms in total. The molecule has 0 bridgehead atoms. The molecule has 0 saturated heterocycles. The van der Waals surface area contributed by atoms with Crippen molar-refractivity contribution in [1.29, 1.82) is 0 Å². The van der Waals surface area contributed by atoms with E-state index >= 15 is 0 Å². The van der Waals surface area contributed by atoms with E-state index in [4.69, 9.17) is 9.15 Å². The Kier molecular flexibility index (Phi) is 7.74. The first-order valence-electron chi connectivity index (χ1n) is 25.2. The number of ether oxygens (including phenoxy) is 1. The van der Waals surface area contributed by atoms with Crippen molar-refractivity contribution < 1.29 is 9.15 Å². The molecule has 1 spiro atoms. The molecule has 11 aromatic rings. The molecule has 0 saturated carbocycles. The van der Waals surface area contributed by atoms with Crippen LogP contribution in [0.25, 0.3) is 42.3 Å². The van der Waals surface area contributed by atoms with Crippen LogP contribution >= 0.6 is 11.3 Å². The highest BCUT2D eigenvalue weighted by atomic mass is 32.1. The van der Waals surface area contributed by atoms with Gasteiger partial charge in [-0.25, -0.2) is 0 Å². The van der Waals surface area contributed by atoms with Gasteiger partial charge in [-0.2, -0.15) is 0 Å². The molecule has 0 fully saturated rings. The molecule has 9 aromatic carbocycles. The number of hydrogen-bond acceptors (Lipinski definition) is 5. The largest absolute Gasteiger partial charge is 0.468 e. The van der Waals surface area contributed by atoms with E-state index in [-0.39, 0.29) is 17.5 Å². The van der Waals surface area contributed by atoms with E-state index in [1.54, 1.807) is 0 Å². The van der Waals surface area contributed by atoms with Crippen molar-refractivity contribution in [2.45, 2.75) is 56.8 Å². The molecule has 338 valence electrons. The topological polar surface area (TPSA) is 28.9 Å². The number of para-hydroxylation sites is 3. The lowest BCUT2D eigenvalue weighted by Gasteiger charge is -2.45. The van der Waals surface area contributed by atoms with Crippen LogP contribution in [0.15, 0.2) is 192 Å². The van der Waals surface area contributed by atoms with Gasteiger partial charge in [0.25, 0.3) is 6.71 Å². The van der Waals surface area contributed by atoms with E-state index in [0.29, 0.717) is 0 Å². The number of nitrogens with zero attached hydrogens (tertiary/aromatic N) is 2. The number of thiophene rings is 1. The summed E-state index contributed by atoms with van der Waals surface area (Å²) in [4.78, 5) is 5.11. The van der Waals surface area contributed by atoms with E-state index in [2.05, 4.69) is 226 Å². The van der Waals surface area contributed by atoms with Crippen molar-refractivity contribution in [2.75, 3.05) is 9.80 Å².